The molecule has 1 aromatic heterocycles. The first kappa shape index (κ1) is 15.4. The van der Waals surface area contributed by atoms with Crippen molar-refractivity contribution < 1.29 is 4.74 Å². The van der Waals surface area contributed by atoms with Gasteiger partial charge < -0.3 is 15.4 Å². The molecule has 2 aliphatic rings. The van der Waals surface area contributed by atoms with Crippen LogP contribution in [0.4, 0.5) is 11.8 Å². The quantitative estimate of drug-likeness (QED) is 0.822. The number of rotatable bonds is 6. The largest absolute Gasteiger partial charge is 0.379 e. The highest BCUT2D eigenvalue weighted by Crippen LogP contribution is 2.20. The molecule has 3 rings (SSSR count). The third kappa shape index (κ3) is 4.78. The minimum absolute atomic E-state index is 0.499. The summed E-state index contributed by atoms with van der Waals surface area (Å²) in [6, 6.07) is 0.499. The fraction of sp³-hybridized carbons (Fsp3) is 0.800. The van der Waals surface area contributed by atoms with E-state index in [0.29, 0.717) is 12.0 Å². The van der Waals surface area contributed by atoms with Crippen molar-refractivity contribution in [2.24, 2.45) is 0 Å². The van der Waals surface area contributed by atoms with Crippen molar-refractivity contribution in [3.63, 3.8) is 0 Å². The number of hydrogen-bond acceptors (Lipinski definition) is 7. The molecule has 0 spiro atoms. The van der Waals surface area contributed by atoms with Gasteiger partial charge in [0.05, 0.1) is 19.4 Å². The van der Waals surface area contributed by atoms with Crippen LogP contribution in [-0.4, -0.2) is 65.5 Å². The van der Waals surface area contributed by atoms with Crippen molar-refractivity contribution in [3.05, 3.63) is 6.20 Å². The Morgan fingerprint density at radius 2 is 2.00 bits per heavy atom. The van der Waals surface area contributed by atoms with Gasteiger partial charge in [-0.1, -0.05) is 19.3 Å². The molecule has 22 heavy (non-hydrogen) atoms. The van der Waals surface area contributed by atoms with E-state index in [2.05, 4.69) is 30.7 Å². The molecule has 7 nitrogen and oxygen atoms in total. The van der Waals surface area contributed by atoms with Crippen LogP contribution in [0.25, 0.3) is 0 Å². The lowest BCUT2D eigenvalue weighted by molar-refractivity contribution is 0.0398. The first-order valence-corrected chi connectivity index (χ1v) is 8.40. The van der Waals surface area contributed by atoms with Gasteiger partial charge >= 0.3 is 0 Å². The van der Waals surface area contributed by atoms with Crippen LogP contribution >= 0.6 is 0 Å². The molecular formula is C15H26N6O. The topological polar surface area (TPSA) is 75.2 Å². The predicted octanol–water partition coefficient (Wildman–Crippen LogP) is 1.36. The van der Waals surface area contributed by atoms with Crippen LogP contribution < -0.4 is 10.6 Å². The Morgan fingerprint density at radius 1 is 1.18 bits per heavy atom. The third-order valence-electron chi connectivity index (χ3n) is 4.34. The van der Waals surface area contributed by atoms with Gasteiger partial charge in [0.15, 0.2) is 5.82 Å². The number of aromatic nitrogens is 3. The molecule has 1 aliphatic heterocycles. The second-order valence-corrected chi connectivity index (χ2v) is 6.03. The van der Waals surface area contributed by atoms with Gasteiger partial charge in [-0.3, -0.25) is 4.90 Å². The fourth-order valence-electron chi connectivity index (χ4n) is 3.05. The van der Waals surface area contributed by atoms with Crippen LogP contribution in [0, 0.1) is 0 Å². The Balaban J connectivity index is 1.43. The highest BCUT2D eigenvalue weighted by atomic mass is 16.5. The van der Waals surface area contributed by atoms with Crippen molar-refractivity contribution in [1.82, 2.24) is 20.1 Å². The maximum atomic E-state index is 5.35. The van der Waals surface area contributed by atoms with Gasteiger partial charge in [0.25, 0.3) is 0 Å². The summed E-state index contributed by atoms with van der Waals surface area (Å²) in [6.45, 7) is 5.56. The molecule has 1 aliphatic carbocycles. The molecule has 7 heteroatoms. The average molecular weight is 306 g/mol. The van der Waals surface area contributed by atoms with Crippen molar-refractivity contribution >= 4 is 11.8 Å². The molecule has 1 saturated carbocycles. The summed E-state index contributed by atoms with van der Waals surface area (Å²) in [7, 11) is 0. The maximum Gasteiger partial charge on any atom is 0.244 e. The second kappa shape index (κ2) is 8.24. The van der Waals surface area contributed by atoms with Gasteiger partial charge in [0, 0.05) is 32.2 Å². The predicted molar refractivity (Wildman–Crippen MR) is 86.1 cm³/mol. The van der Waals surface area contributed by atoms with E-state index in [1.807, 2.05) is 0 Å². The van der Waals surface area contributed by atoms with Gasteiger partial charge in [-0.05, 0) is 12.8 Å². The Labute approximate surface area is 131 Å². The third-order valence-corrected chi connectivity index (χ3v) is 4.34. The lowest BCUT2D eigenvalue weighted by Gasteiger charge is -2.26. The van der Waals surface area contributed by atoms with Crippen LogP contribution in [0.3, 0.4) is 0 Å². The van der Waals surface area contributed by atoms with Crippen molar-refractivity contribution in [1.29, 1.82) is 0 Å². The number of ether oxygens (including phenoxy) is 1. The van der Waals surface area contributed by atoms with E-state index in [9.17, 15) is 0 Å². The molecule has 2 fully saturated rings. The number of hydrogen-bond donors (Lipinski definition) is 2. The van der Waals surface area contributed by atoms with Gasteiger partial charge in [0.1, 0.15) is 0 Å². The molecule has 0 aromatic carbocycles. The first-order valence-electron chi connectivity index (χ1n) is 8.40. The molecule has 2 heterocycles. The minimum Gasteiger partial charge on any atom is -0.379 e. The molecule has 0 amide bonds. The van der Waals surface area contributed by atoms with Gasteiger partial charge in [-0.25, -0.2) is 0 Å². The number of anilines is 2. The van der Waals surface area contributed by atoms with Crippen LogP contribution in [0.1, 0.15) is 32.1 Å². The highest BCUT2D eigenvalue weighted by molar-refractivity contribution is 5.37. The average Bonchev–Trinajstić information content (AvgIpc) is 2.57. The minimum atomic E-state index is 0.499. The van der Waals surface area contributed by atoms with Gasteiger partial charge in [0.2, 0.25) is 5.95 Å². The summed E-state index contributed by atoms with van der Waals surface area (Å²) in [6.07, 6.45) is 8.03. The molecule has 0 unspecified atom stereocenters. The normalized spacial score (nSPS) is 20.7. The maximum absolute atomic E-state index is 5.35. The fourth-order valence-corrected chi connectivity index (χ4v) is 3.05. The van der Waals surface area contributed by atoms with E-state index in [0.717, 1.165) is 45.2 Å². The summed E-state index contributed by atoms with van der Waals surface area (Å²) >= 11 is 0. The Morgan fingerprint density at radius 3 is 2.82 bits per heavy atom. The molecule has 1 saturated heterocycles. The van der Waals surface area contributed by atoms with E-state index in [1.54, 1.807) is 6.20 Å². The highest BCUT2D eigenvalue weighted by Gasteiger charge is 2.14. The zero-order valence-electron chi connectivity index (χ0n) is 13.1. The molecule has 0 atom stereocenters. The van der Waals surface area contributed by atoms with Gasteiger partial charge in [-0.2, -0.15) is 10.1 Å². The molecule has 1 aromatic rings. The van der Waals surface area contributed by atoms with E-state index in [-0.39, 0.29) is 0 Å². The van der Waals surface area contributed by atoms with Crippen LogP contribution in [0.15, 0.2) is 6.20 Å². The molecule has 0 bridgehead atoms. The molecule has 0 radical (unpaired) electrons. The van der Waals surface area contributed by atoms with Crippen LogP contribution in [0.2, 0.25) is 0 Å². The Kier molecular flexibility index (Phi) is 5.78. The summed E-state index contributed by atoms with van der Waals surface area (Å²) in [4.78, 5) is 6.91. The van der Waals surface area contributed by atoms with Crippen molar-refractivity contribution in [2.75, 3.05) is 50.0 Å². The van der Waals surface area contributed by atoms with E-state index in [1.165, 1.54) is 32.1 Å². The summed E-state index contributed by atoms with van der Waals surface area (Å²) < 4.78 is 5.35. The first-order chi connectivity index (χ1) is 10.9. The number of nitrogens with one attached hydrogen (secondary N) is 2. The van der Waals surface area contributed by atoms with Crippen LogP contribution in [-0.2, 0) is 4.74 Å². The molecule has 2 N–H and O–H groups in total. The van der Waals surface area contributed by atoms with E-state index < -0.39 is 0 Å². The lowest BCUT2D eigenvalue weighted by atomic mass is 9.96. The summed E-state index contributed by atoms with van der Waals surface area (Å²) in [5.41, 5.74) is 0. The second-order valence-electron chi connectivity index (χ2n) is 6.03. The number of morpholine rings is 1. The Bertz CT molecular complexity index is 445. The van der Waals surface area contributed by atoms with Crippen LogP contribution in [0.5, 0.6) is 0 Å². The van der Waals surface area contributed by atoms with Crippen molar-refractivity contribution in [3.8, 4) is 0 Å². The molecule has 122 valence electrons. The molecular weight excluding hydrogens is 280 g/mol. The monoisotopic (exact) mass is 306 g/mol. The van der Waals surface area contributed by atoms with Crippen molar-refractivity contribution in [2.45, 2.75) is 38.1 Å². The zero-order chi connectivity index (χ0) is 15.0. The summed E-state index contributed by atoms with van der Waals surface area (Å²) in [5, 5.41) is 14.9. The standard InChI is InChI=1S/C15H26N6O/c1-2-4-13(5-3-1)18-15-19-14(12-17-20-15)16-6-7-21-8-10-22-11-9-21/h12-13H,1-11H2,(H2,16,18,19,20). The Hall–Kier alpha value is -1.47. The summed E-state index contributed by atoms with van der Waals surface area (Å²) in [5.74, 6) is 1.44. The van der Waals surface area contributed by atoms with Gasteiger partial charge in [-0.15, -0.1) is 5.10 Å². The number of nitrogens with zero attached hydrogens (tertiary/aromatic N) is 4. The van der Waals surface area contributed by atoms with E-state index in [4.69, 9.17) is 4.74 Å². The zero-order valence-corrected chi connectivity index (χ0v) is 13.1. The SMILES string of the molecule is c1nnc(NC2CCCCC2)nc1NCCN1CCOCC1. The smallest absolute Gasteiger partial charge is 0.244 e. The van der Waals surface area contributed by atoms with E-state index >= 15 is 0 Å². The lowest BCUT2D eigenvalue weighted by Crippen LogP contribution is -2.39.